The predicted octanol–water partition coefficient (Wildman–Crippen LogP) is 3.47. The molecule has 3 aliphatic carbocycles. The molecular formula is C53H61NO17. The number of aliphatic hydroxyl groups is 4. The third-order valence-corrected chi connectivity index (χ3v) is 15.6. The summed E-state index contributed by atoms with van der Waals surface area (Å²) in [6.45, 7) is 9.32. The van der Waals surface area contributed by atoms with Crippen molar-refractivity contribution in [2.75, 3.05) is 13.2 Å². The monoisotopic (exact) mass is 983 g/mol. The Labute approximate surface area is 410 Å². The van der Waals surface area contributed by atoms with Gasteiger partial charge in [-0.1, -0.05) is 87.5 Å². The van der Waals surface area contributed by atoms with E-state index in [0.29, 0.717) is 5.56 Å². The van der Waals surface area contributed by atoms with Gasteiger partial charge in [-0.15, -0.1) is 0 Å². The van der Waals surface area contributed by atoms with E-state index < -0.39 is 137 Å². The van der Waals surface area contributed by atoms with Crippen molar-refractivity contribution in [1.82, 2.24) is 5.32 Å². The summed E-state index contributed by atoms with van der Waals surface area (Å²) in [6.07, 6.45) is -14.6. The smallest absolute Gasteiger partial charge is 0.338 e. The molecule has 0 aromatic heterocycles. The van der Waals surface area contributed by atoms with E-state index in [-0.39, 0.29) is 41.9 Å². The van der Waals surface area contributed by atoms with Crippen LogP contribution in [0.25, 0.3) is 0 Å². The van der Waals surface area contributed by atoms with Crippen LogP contribution in [0.3, 0.4) is 0 Å². The van der Waals surface area contributed by atoms with Crippen LogP contribution in [0.2, 0.25) is 0 Å². The molecule has 8 rings (SSSR count). The molecule has 18 heteroatoms. The lowest BCUT2D eigenvalue weighted by Crippen LogP contribution is -2.82. The van der Waals surface area contributed by atoms with Crippen molar-refractivity contribution in [3.05, 3.63) is 119 Å². The van der Waals surface area contributed by atoms with Crippen molar-refractivity contribution < 1.29 is 82.4 Å². The molecule has 2 aliphatic heterocycles. The number of Topliss-reactive ketones (excluding diaryl/α,β-unsaturated/α-hetero) is 1. The predicted molar refractivity (Wildman–Crippen MR) is 247 cm³/mol. The van der Waals surface area contributed by atoms with Crippen LogP contribution in [0.4, 0.5) is 0 Å². The highest BCUT2D eigenvalue weighted by atomic mass is 16.7. The molecule has 18 nitrogen and oxygen atoms in total. The van der Waals surface area contributed by atoms with Crippen molar-refractivity contribution in [2.24, 2.45) is 22.7 Å². The number of amides is 1. The number of ketones is 1. The lowest BCUT2D eigenvalue weighted by Gasteiger charge is -2.68. The third-order valence-electron chi connectivity index (χ3n) is 15.6. The Kier molecular flexibility index (Phi) is 14.2. The lowest BCUT2D eigenvalue weighted by atomic mass is 9.44. The fraction of sp³-hybridized carbons (Fsp3) is 0.509. The van der Waals surface area contributed by atoms with Gasteiger partial charge in [-0.2, -0.15) is 0 Å². The molecular weight excluding hydrogens is 923 g/mol. The van der Waals surface area contributed by atoms with Gasteiger partial charge >= 0.3 is 23.9 Å². The summed E-state index contributed by atoms with van der Waals surface area (Å²) in [5.74, 6) is -7.80. The Hall–Kier alpha value is -5.86. The Morgan fingerprint density at radius 3 is 2.00 bits per heavy atom. The molecule has 2 bridgehead atoms. The highest BCUT2D eigenvalue weighted by molar-refractivity contribution is 5.96. The highest BCUT2D eigenvalue weighted by Crippen LogP contribution is 2.65. The minimum atomic E-state index is -2.47. The van der Waals surface area contributed by atoms with Gasteiger partial charge in [0.1, 0.15) is 30.0 Å². The van der Waals surface area contributed by atoms with Crippen molar-refractivity contribution in [3.63, 3.8) is 0 Å². The molecule has 0 unspecified atom stereocenters. The standard InChI is InChI=1S/C53H61NO17/c1-27-34(57)25-65-49(40(27)58)69-36-23-37-52(26-66-37,71-30(4)56)43-45(70-47(62)33-21-15-10-16-22-33)53(64)24-35(28(2)38(50(53,5)6)42(67-29(3)55)44(60)51(36,43)7)68-48(63)41(59)39(31-17-11-8-12-18-31)54-46(61)32-19-13-9-14-20-32/h8-22,27,34-37,39-43,45,49,57-59,64H,23-26H2,1-7H3,(H,54,61)/t27-,34+,35-,36+,37+,39-,40+,41+,42+,43-,45-,49-,51+,52-,53+/m0/s1. The van der Waals surface area contributed by atoms with Crippen LogP contribution < -0.4 is 5.32 Å². The van der Waals surface area contributed by atoms with Crippen LogP contribution in [0.15, 0.2) is 102 Å². The first-order valence-electron chi connectivity index (χ1n) is 23.7. The molecule has 4 fully saturated rings. The van der Waals surface area contributed by atoms with Gasteiger partial charge in [0.05, 0.1) is 48.4 Å². The van der Waals surface area contributed by atoms with E-state index in [2.05, 4.69) is 5.32 Å². The van der Waals surface area contributed by atoms with Crippen molar-refractivity contribution >= 4 is 35.6 Å². The van der Waals surface area contributed by atoms with Crippen molar-refractivity contribution in [2.45, 2.75) is 134 Å². The zero-order chi connectivity index (χ0) is 51.4. The second-order valence-corrected chi connectivity index (χ2v) is 20.1. The van der Waals surface area contributed by atoms with Gasteiger partial charge in [-0.25, -0.2) is 9.59 Å². The lowest BCUT2D eigenvalue weighted by molar-refractivity contribution is -0.364. The van der Waals surface area contributed by atoms with E-state index >= 15 is 4.79 Å². The fourth-order valence-corrected chi connectivity index (χ4v) is 11.6. The number of esters is 4. The molecule has 71 heavy (non-hydrogen) atoms. The molecule has 3 aromatic rings. The summed E-state index contributed by atoms with van der Waals surface area (Å²) in [4.78, 5) is 85.7. The minimum absolute atomic E-state index is 0.0332. The normalized spacial score (nSPS) is 34.8. The van der Waals surface area contributed by atoms with Gasteiger partial charge < -0.3 is 58.9 Å². The molecule has 5 N–H and O–H groups in total. The number of hydrogen-bond donors (Lipinski definition) is 5. The minimum Gasteiger partial charge on any atom is -0.456 e. The number of carbonyl (C=O) groups is 6. The van der Waals surface area contributed by atoms with Crippen LogP contribution in [0.1, 0.15) is 93.6 Å². The summed E-state index contributed by atoms with van der Waals surface area (Å²) in [6, 6.07) is 22.8. The number of nitrogens with one attached hydrogen (secondary N) is 1. The fourth-order valence-electron chi connectivity index (χ4n) is 11.6. The number of aliphatic hydroxyl groups excluding tert-OH is 3. The average molecular weight is 984 g/mol. The summed E-state index contributed by atoms with van der Waals surface area (Å²) in [5, 5.41) is 50.7. The highest BCUT2D eigenvalue weighted by Gasteiger charge is 2.79. The molecule has 2 heterocycles. The van der Waals surface area contributed by atoms with Gasteiger partial charge in [0.15, 0.2) is 29.9 Å². The number of hydrogen-bond acceptors (Lipinski definition) is 17. The zero-order valence-corrected chi connectivity index (χ0v) is 40.5. The van der Waals surface area contributed by atoms with Gasteiger partial charge in [-0.3, -0.25) is 19.2 Å². The first kappa shape index (κ1) is 51.5. The molecule has 2 saturated heterocycles. The maximum absolute atomic E-state index is 16.3. The molecule has 0 radical (unpaired) electrons. The van der Waals surface area contributed by atoms with Crippen molar-refractivity contribution in [3.8, 4) is 0 Å². The topological polar surface area (TPSA) is 260 Å². The van der Waals surface area contributed by atoms with E-state index in [0.717, 1.165) is 13.8 Å². The quantitative estimate of drug-likeness (QED) is 0.0989. The first-order chi connectivity index (χ1) is 33.6. The van der Waals surface area contributed by atoms with Crippen LogP contribution in [-0.2, 0) is 52.3 Å². The SMILES string of the molecule is CC(=O)O[C@H]1C(=O)[C@@]2(C)[C@H]([C@H](OC(=O)c3ccccc3)[C@]3(O)C[C@H](OC(=O)[C@H](O)[C@@H](NC(=O)c4ccccc4)c4ccccc4)C(C)=C1C3(C)C)[C@]1(OC(C)=O)CO[C@@H]1C[C@H]2O[C@@H]1OC[C@@H](O)[C@H](C)[C@H]1O. The van der Waals surface area contributed by atoms with Gasteiger partial charge in [0, 0.05) is 43.6 Å². The maximum atomic E-state index is 16.3. The summed E-state index contributed by atoms with van der Waals surface area (Å²) in [5.41, 5.74) is -7.43. The second kappa shape index (κ2) is 19.6. The average Bonchev–Trinajstić information content (AvgIpc) is 3.34. The Balaban J connectivity index is 1.30. The maximum Gasteiger partial charge on any atom is 0.338 e. The van der Waals surface area contributed by atoms with Crippen LogP contribution in [0.5, 0.6) is 0 Å². The number of rotatable bonds is 12. The van der Waals surface area contributed by atoms with E-state index in [1.807, 2.05) is 0 Å². The van der Waals surface area contributed by atoms with E-state index in [9.17, 15) is 44.4 Å². The molecule has 0 spiro atoms. The molecule has 3 aromatic carbocycles. The van der Waals surface area contributed by atoms with Crippen LogP contribution in [-0.4, -0.2) is 136 Å². The Morgan fingerprint density at radius 1 is 0.817 bits per heavy atom. The molecule has 15 atom stereocenters. The third kappa shape index (κ3) is 8.97. The zero-order valence-electron chi connectivity index (χ0n) is 40.5. The molecule has 380 valence electrons. The Morgan fingerprint density at radius 2 is 1.42 bits per heavy atom. The van der Waals surface area contributed by atoms with E-state index in [4.69, 9.17) is 33.2 Å². The van der Waals surface area contributed by atoms with Gasteiger partial charge in [-0.05, 0) is 54.8 Å². The largest absolute Gasteiger partial charge is 0.456 e. The number of fused-ring (bicyclic) bond motifs is 5. The van der Waals surface area contributed by atoms with Gasteiger partial charge in [0.2, 0.25) is 0 Å². The number of benzene rings is 3. The first-order valence-corrected chi connectivity index (χ1v) is 23.7. The summed E-state index contributed by atoms with van der Waals surface area (Å²) >= 11 is 0. The van der Waals surface area contributed by atoms with Gasteiger partial charge in [0.25, 0.3) is 5.91 Å². The summed E-state index contributed by atoms with van der Waals surface area (Å²) < 4.78 is 43.6. The van der Waals surface area contributed by atoms with Crippen LogP contribution in [0, 0.1) is 22.7 Å². The number of carbonyl (C=O) groups excluding carboxylic acids is 6. The van der Waals surface area contributed by atoms with Crippen LogP contribution >= 0.6 is 0 Å². The molecule has 5 aliphatic rings. The summed E-state index contributed by atoms with van der Waals surface area (Å²) in [7, 11) is 0. The Bertz CT molecular complexity index is 2550. The molecule has 1 amide bonds. The molecule has 2 saturated carbocycles. The van der Waals surface area contributed by atoms with Crippen molar-refractivity contribution in [1.29, 1.82) is 0 Å². The van der Waals surface area contributed by atoms with E-state index in [1.165, 1.54) is 26.0 Å². The second-order valence-electron chi connectivity index (χ2n) is 20.1. The van der Waals surface area contributed by atoms with E-state index in [1.54, 1.807) is 99.6 Å². The number of ether oxygens (including phenoxy) is 7.